The van der Waals surface area contributed by atoms with Gasteiger partial charge in [0, 0.05) is 31.8 Å². The number of ketones is 1. The highest BCUT2D eigenvalue weighted by Gasteiger charge is 2.67. The lowest BCUT2D eigenvalue weighted by Gasteiger charge is -2.63. The molecule has 0 N–H and O–H groups in total. The van der Waals surface area contributed by atoms with Crippen LogP contribution in [-0.4, -0.2) is 50.9 Å². The zero-order valence-electron chi connectivity index (χ0n) is 25.4. The lowest BCUT2D eigenvalue weighted by atomic mass is 9.43. The number of carbonyl (C=O) groups excluding carboxylic acids is 3. The number of Topliss-reactive ketones (excluding diaryl/α,β-unsaturated/α-hetero) is 1. The van der Waals surface area contributed by atoms with Crippen LogP contribution in [0.4, 0.5) is 0 Å². The van der Waals surface area contributed by atoms with Crippen LogP contribution >= 0.6 is 0 Å². The zero-order chi connectivity index (χ0) is 29.4. The molecule has 0 aliphatic heterocycles. The Hall–Kier alpha value is -2.25. The van der Waals surface area contributed by atoms with Gasteiger partial charge >= 0.3 is 11.9 Å². The van der Waals surface area contributed by atoms with Gasteiger partial charge in [-0.1, -0.05) is 39.0 Å². The lowest BCUT2D eigenvalue weighted by molar-refractivity contribution is -0.224. The first-order chi connectivity index (χ1) is 19.6. The van der Waals surface area contributed by atoms with Gasteiger partial charge in [0.1, 0.15) is 18.7 Å². The number of methoxy groups -OCH3 is 2. The van der Waals surface area contributed by atoms with E-state index in [-0.39, 0.29) is 59.5 Å². The molecule has 0 amide bonds. The van der Waals surface area contributed by atoms with Crippen LogP contribution in [0.2, 0.25) is 0 Å². The van der Waals surface area contributed by atoms with Crippen LogP contribution in [0.5, 0.6) is 0 Å². The summed E-state index contributed by atoms with van der Waals surface area (Å²) in [5.74, 6) is 1.62. The minimum absolute atomic E-state index is 0.00116. The zero-order valence-corrected chi connectivity index (χ0v) is 25.4. The Balaban J connectivity index is 1.52. The van der Waals surface area contributed by atoms with Crippen molar-refractivity contribution in [3.05, 3.63) is 35.9 Å². The summed E-state index contributed by atoms with van der Waals surface area (Å²) in [5, 5.41) is 0. The Bertz CT molecular complexity index is 1100. The van der Waals surface area contributed by atoms with Crippen LogP contribution < -0.4 is 0 Å². The molecule has 226 valence electrons. The summed E-state index contributed by atoms with van der Waals surface area (Å²) < 4.78 is 23.4. The SMILES string of the molecule is COCO[C@@H]1C[C@@H]2CC(=O)CC[C@]2(C)[C@H]2C[C@H](OC(=O)c3ccccc3)[C@]3(C)[C@@H](C(C)CCC(=O)OC)CC[C@H]3[C@H]12. The van der Waals surface area contributed by atoms with Crippen LogP contribution in [0.3, 0.4) is 0 Å². The van der Waals surface area contributed by atoms with Gasteiger partial charge in [0.25, 0.3) is 0 Å². The summed E-state index contributed by atoms with van der Waals surface area (Å²) in [6.45, 7) is 7.21. The number of benzene rings is 1. The molecule has 4 aliphatic carbocycles. The van der Waals surface area contributed by atoms with E-state index >= 15 is 0 Å². The van der Waals surface area contributed by atoms with Crippen LogP contribution in [0, 0.1) is 46.3 Å². The molecule has 10 atom stereocenters. The highest BCUT2D eigenvalue weighted by atomic mass is 16.7. The van der Waals surface area contributed by atoms with E-state index in [0.717, 1.165) is 38.5 Å². The Morgan fingerprint density at radius 1 is 1.05 bits per heavy atom. The van der Waals surface area contributed by atoms with Gasteiger partial charge in [-0.05, 0) is 91.6 Å². The van der Waals surface area contributed by atoms with Crippen LogP contribution in [0.1, 0.15) is 88.9 Å². The standard InChI is InChI=1S/C34H48O7/c1-21(11-14-30(36)39-5)25-12-13-26-31-27(19-29(34(25,26)3)41-32(37)22-9-7-6-8-10-22)33(2)16-15-24(35)17-23(33)18-28(31)40-20-38-4/h6-10,21,23,25-29,31H,11-20H2,1-5H3/t21?,23-,25+,26-,27-,28+,29-,31-,33-,34+/m0/s1. The molecule has 0 bridgehead atoms. The minimum Gasteiger partial charge on any atom is -0.469 e. The van der Waals surface area contributed by atoms with Gasteiger partial charge < -0.3 is 18.9 Å². The second-order valence-electron chi connectivity index (χ2n) is 13.7. The van der Waals surface area contributed by atoms with E-state index in [0.29, 0.717) is 48.4 Å². The summed E-state index contributed by atoms with van der Waals surface area (Å²) >= 11 is 0. The molecule has 4 saturated carbocycles. The Morgan fingerprint density at radius 2 is 1.80 bits per heavy atom. The predicted molar refractivity (Wildman–Crippen MR) is 154 cm³/mol. The molecule has 0 spiro atoms. The molecule has 1 aromatic rings. The fourth-order valence-electron chi connectivity index (χ4n) is 9.82. The third kappa shape index (κ3) is 5.49. The molecule has 41 heavy (non-hydrogen) atoms. The second kappa shape index (κ2) is 12.2. The molecule has 1 unspecified atom stereocenters. The summed E-state index contributed by atoms with van der Waals surface area (Å²) in [4.78, 5) is 38.2. The Labute approximate surface area is 245 Å². The van der Waals surface area contributed by atoms with E-state index in [1.165, 1.54) is 7.11 Å². The Kier molecular flexibility index (Phi) is 8.96. The van der Waals surface area contributed by atoms with Gasteiger partial charge in [0.05, 0.1) is 18.8 Å². The van der Waals surface area contributed by atoms with Crippen molar-refractivity contribution in [1.82, 2.24) is 0 Å². The highest BCUT2D eigenvalue weighted by molar-refractivity contribution is 5.89. The average Bonchev–Trinajstić information content (AvgIpc) is 3.34. The summed E-state index contributed by atoms with van der Waals surface area (Å²) in [7, 11) is 3.10. The Morgan fingerprint density at radius 3 is 2.51 bits per heavy atom. The fourth-order valence-corrected chi connectivity index (χ4v) is 9.82. The van der Waals surface area contributed by atoms with Crippen molar-refractivity contribution in [1.29, 1.82) is 0 Å². The van der Waals surface area contributed by atoms with Gasteiger partial charge in [-0.15, -0.1) is 0 Å². The number of hydrogen-bond acceptors (Lipinski definition) is 7. The van der Waals surface area contributed by atoms with Crippen molar-refractivity contribution in [3.63, 3.8) is 0 Å². The molecular weight excluding hydrogens is 520 g/mol. The molecule has 0 aromatic heterocycles. The number of esters is 2. The van der Waals surface area contributed by atoms with E-state index in [9.17, 15) is 14.4 Å². The van der Waals surface area contributed by atoms with Crippen LogP contribution in [0.15, 0.2) is 30.3 Å². The van der Waals surface area contributed by atoms with Crippen molar-refractivity contribution in [3.8, 4) is 0 Å². The number of fused-ring (bicyclic) bond motifs is 5. The van der Waals surface area contributed by atoms with Crippen molar-refractivity contribution in [2.45, 2.75) is 90.8 Å². The normalized spacial score (nSPS) is 38.8. The van der Waals surface area contributed by atoms with Crippen LogP contribution in [-0.2, 0) is 28.5 Å². The molecule has 4 aliphatic rings. The highest BCUT2D eigenvalue weighted by Crippen LogP contribution is 2.69. The molecule has 1 aromatic carbocycles. The molecule has 0 saturated heterocycles. The lowest BCUT2D eigenvalue weighted by Crippen LogP contribution is -2.63. The third-order valence-corrected chi connectivity index (χ3v) is 12.0. The topological polar surface area (TPSA) is 88.1 Å². The smallest absolute Gasteiger partial charge is 0.338 e. The first-order valence-corrected chi connectivity index (χ1v) is 15.6. The minimum atomic E-state index is -0.273. The van der Waals surface area contributed by atoms with Crippen molar-refractivity contribution >= 4 is 17.7 Å². The van der Waals surface area contributed by atoms with Crippen molar-refractivity contribution in [2.24, 2.45) is 46.3 Å². The van der Waals surface area contributed by atoms with Crippen molar-refractivity contribution < 1.29 is 33.3 Å². The number of carbonyl (C=O) groups is 3. The monoisotopic (exact) mass is 568 g/mol. The average molecular weight is 569 g/mol. The molecule has 0 heterocycles. The maximum absolute atomic E-state index is 13.6. The summed E-state index contributed by atoms with van der Waals surface area (Å²) in [5.41, 5.74) is 0.308. The predicted octanol–water partition coefficient (Wildman–Crippen LogP) is 6.24. The first-order valence-electron chi connectivity index (χ1n) is 15.6. The second-order valence-corrected chi connectivity index (χ2v) is 13.7. The van der Waals surface area contributed by atoms with Crippen LogP contribution in [0.25, 0.3) is 0 Å². The van der Waals surface area contributed by atoms with E-state index in [1.807, 2.05) is 30.3 Å². The maximum atomic E-state index is 13.6. The van der Waals surface area contributed by atoms with Gasteiger partial charge in [0.2, 0.25) is 0 Å². The molecule has 0 radical (unpaired) electrons. The fraction of sp³-hybridized carbons (Fsp3) is 0.735. The number of hydrogen-bond donors (Lipinski definition) is 0. The molecule has 4 fully saturated rings. The molecule has 7 nitrogen and oxygen atoms in total. The van der Waals surface area contributed by atoms with E-state index in [2.05, 4.69) is 20.8 Å². The number of rotatable bonds is 9. The summed E-state index contributed by atoms with van der Waals surface area (Å²) in [6.07, 6.45) is 6.71. The van der Waals surface area contributed by atoms with Gasteiger partial charge in [0.15, 0.2) is 0 Å². The first kappa shape index (κ1) is 30.2. The van der Waals surface area contributed by atoms with E-state index in [1.54, 1.807) is 7.11 Å². The van der Waals surface area contributed by atoms with Gasteiger partial charge in [-0.2, -0.15) is 0 Å². The molecule has 7 heteroatoms. The molecule has 5 rings (SSSR count). The number of ether oxygens (including phenoxy) is 4. The largest absolute Gasteiger partial charge is 0.469 e. The molecular formula is C34H48O7. The van der Waals surface area contributed by atoms with E-state index in [4.69, 9.17) is 18.9 Å². The van der Waals surface area contributed by atoms with Gasteiger partial charge in [-0.3, -0.25) is 9.59 Å². The summed E-state index contributed by atoms with van der Waals surface area (Å²) in [6, 6.07) is 9.28. The van der Waals surface area contributed by atoms with E-state index < -0.39 is 0 Å². The quantitative estimate of drug-likeness (QED) is 0.257. The maximum Gasteiger partial charge on any atom is 0.338 e. The van der Waals surface area contributed by atoms with Crippen molar-refractivity contribution in [2.75, 3.05) is 21.0 Å². The van der Waals surface area contributed by atoms with Gasteiger partial charge in [-0.25, -0.2) is 4.79 Å². The third-order valence-electron chi connectivity index (χ3n) is 12.0.